The molecule has 0 spiro atoms. The molecule has 3 nitrogen and oxygen atoms in total. The smallest absolute Gasteiger partial charge is 0.276 e. The van der Waals surface area contributed by atoms with E-state index in [-0.39, 0.29) is 0 Å². The van der Waals surface area contributed by atoms with Crippen LogP contribution in [0.15, 0.2) is 0 Å². The normalized spacial score (nSPS) is 19.0. The maximum absolute atomic E-state index is 5.22. The summed E-state index contributed by atoms with van der Waals surface area (Å²) in [6.07, 6.45) is 0. The van der Waals surface area contributed by atoms with Gasteiger partial charge in [-0.2, -0.15) is 0 Å². The predicted octanol–water partition coefficient (Wildman–Crippen LogP) is 0.671. The van der Waals surface area contributed by atoms with Gasteiger partial charge >= 0.3 is 0 Å². The minimum atomic E-state index is 0.872. The minimum Gasteiger partial charge on any atom is -0.379 e. The fourth-order valence-electron chi connectivity index (χ4n) is 1.13. The molecule has 0 N–H and O–H groups in total. The lowest BCUT2D eigenvalue weighted by molar-refractivity contribution is 0.0402. The summed E-state index contributed by atoms with van der Waals surface area (Å²) in [4.78, 5) is 6.40. The minimum absolute atomic E-state index is 0.872. The Balaban J connectivity index is 2.08. The first-order valence-electron chi connectivity index (χ1n) is 4.07. The Morgan fingerprint density at radius 1 is 1.45 bits per heavy atom. The highest BCUT2D eigenvalue weighted by molar-refractivity contribution is 4.81. The van der Waals surface area contributed by atoms with Crippen molar-refractivity contribution < 1.29 is 4.74 Å². The van der Waals surface area contributed by atoms with Crippen molar-refractivity contribution in [3.8, 4) is 6.07 Å². The Morgan fingerprint density at radius 3 is 2.82 bits per heavy atom. The second-order valence-corrected chi connectivity index (χ2v) is 2.56. The molecule has 0 aromatic rings. The molecule has 1 saturated heterocycles. The lowest BCUT2D eigenvalue weighted by Crippen LogP contribution is -2.37. The van der Waals surface area contributed by atoms with Gasteiger partial charge in [0.15, 0.2) is 0 Å². The quantitative estimate of drug-likeness (QED) is 0.583. The maximum atomic E-state index is 5.22. The van der Waals surface area contributed by atoms with Gasteiger partial charge in [0.25, 0.3) is 12.6 Å². The van der Waals surface area contributed by atoms with Gasteiger partial charge < -0.3 is 4.74 Å². The van der Waals surface area contributed by atoms with Crippen molar-refractivity contribution in [2.45, 2.75) is 6.92 Å². The molecule has 0 amide bonds. The number of rotatable bonds is 2. The number of hydrogen-bond donors (Lipinski definition) is 0. The standard InChI is InChI=1S/C8H15N2O/c1-2-9-3-4-10-5-7-11-8-6-10/h3-8H2,1H3/q+1. The molecule has 0 aromatic carbocycles. The van der Waals surface area contributed by atoms with Crippen molar-refractivity contribution >= 4 is 0 Å². The van der Waals surface area contributed by atoms with Crippen LogP contribution in [0, 0.1) is 6.07 Å². The van der Waals surface area contributed by atoms with E-state index in [0.29, 0.717) is 0 Å². The van der Waals surface area contributed by atoms with E-state index in [2.05, 4.69) is 15.8 Å². The number of hydrogen-bond acceptors (Lipinski definition) is 2. The fraction of sp³-hybridized carbons (Fsp3) is 0.875. The van der Waals surface area contributed by atoms with E-state index in [1.807, 2.05) is 6.92 Å². The van der Waals surface area contributed by atoms with Crippen molar-refractivity contribution in [2.75, 3.05) is 39.4 Å². The van der Waals surface area contributed by atoms with Crippen molar-refractivity contribution in [1.29, 1.82) is 0 Å². The second-order valence-electron chi connectivity index (χ2n) is 2.56. The lowest BCUT2D eigenvalue weighted by Gasteiger charge is -2.23. The van der Waals surface area contributed by atoms with E-state index >= 15 is 0 Å². The Morgan fingerprint density at radius 2 is 2.18 bits per heavy atom. The summed E-state index contributed by atoms with van der Waals surface area (Å²) in [7, 11) is 0. The van der Waals surface area contributed by atoms with E-state index in [0.717, 1.165) is 39.4 Å². The summed E-state index contributed by atoms with van der Waals surface area (Å²) in [6, 6.07) is 2.77. The Hall–Kier alpha value is -0.590. The van der Waals surface area contributed by atoms with E-state index in [9.17, 15) is 0 Å². The first-order chi connectivity index (χ1) is 5.43. The van der Waals surface area contributed by atoms with Crippen molar-refractivity contribution in [1.82, 2.24) is 4.90 Å². The van der Waals surface area contributed by atoms with Gasteiger partial charge in [-0.05, 0) is 0 Å². The molecule has 62 valence electrons. The van der Waals surface area contributed by atoms with Gasteiger partial charge in [0.1, 0.15) is 0 Å². The van der Waals surface area contributed by atoms with Gasteiger partial charge in [0, 0.05) is 13.1 Å². The van der Waals surface area contributed by atoms with E-state index in [1.165, 1.54) is 0 Å². The Kier molecular flexibility index (Phi) is 3.95. The highest BCUT2D eigenvalue weighted by Gasteiger charge is 2.10. The molecule has 1 aliphatic heterocycles. The van der Waals surface area contributed by atoms with Gasteiger partial charge in [-0.1, -0.05) is 4.85 Å². The zero-order chi connectivity index (χ0) is 7.94. The number of nitrogens with zero attached hydrogens (tertiary/aromatic N) is 2. The molecule has 0 saturated carbocycles. The van der Waals surface area contributed by atoms with Gasteiger partial charge in [-0.15, -0.1) is 0 Å². The van der Waals surface area contributed by atoms with Gasteiger partial charge in [-0.3, -0.25) is 4.90 Å². The number of ether oxygens (including phenoxy) is 1. The molecular weight excluding hydrogens is 140 g/mol. The second kappa shape index (κ2) is 5.11. The summed E-state index contributed by atoms with van der Waals surface area (Å²) in [6.45, 7) is 7.61. The van der Waals surface area contributed by atoms with Crippen LogP contribution in [0.4, 0.5) is 0 Å². The van der Waals surface area contributed by atoms with E-state index < -0.39 is 0 Å². The van der Waals surface area contributed by atoms with Crippen LogP contribution in [0.1, 0.15) is 6.92 Å². The molecule has 0 aromatic heterocycles. The molecule has 0 radical (unpaired) electrons. The van der Waals surface area contributed by atoms with Crippen LogP contribution in [0.2, 0.25) is 0 Å². The van der Waals surface area contributed by atoms with E-state index in [1.54, 1.807) is 0 Å². The average Bonchev–Trinajstić information content (AvgIpc) is 2.07. The monoisotopic (exact) mass is 155 g/mol. The molecule has 0 bridgehead atoms. The molecule has 1 heterocycles. The summed E-state index contributed by atoms with van der Waals surface area (Å²) in [5, 5.41) is 0. The van der Waals surface area contributed by atoms with Crippen LogP contribution in [0.3, 0.4) is 0 Å². The summed E-state index contributed by atoms with van der Waals surface area (Å²) in [5.41, 5.74) is 0. The van der Waals surface area contributed by atoms with Crippen LogP contribution in [-0.2, 0) is 4.74 Å². The molecule has 1 aliphatic rings. The van der Waals surface area contributed by atoms with Crippen LogP contribution >= 0.6 is 0 Å². The van der Waals surface area contributed by atoms with Crippen molar-refractivity contribution in [3.05, 3.63) is 4.85 Å². The molecule has 0 aliphatic carbocycles. The van der Waals surface area contributed by atoms with Crippen LogP contribution in [0.5, 0.6) is 0 Å². The maximum Gasteiger partial charge on any atom is 0.276 e. The summed E-state index contributed by atoms with van der Waals surface area (Å²) >= 11 is 0. The van der Waals surface area contributed by atoms with Crippen LogP contribution < -0.4 is 0 Å². The Labute approximate surface area is 67.8 Å². The third-order valence-corrected chi connectivity index (χ3v) is 1.79. The third kappa shape index (κ3) is 3.35. The highest BCUT2D eigenvalue weighted by Crippen LogP contribution is 1.95. The topological polar surface area (TPSA) is 16.8 Å². The SMILES string of the molecule is CC#[N+]CCN1CCOCC1. The zero-order valence-electron chi connectivity index (χ0n) is 7.05. The zero-order valence-corrected chi connectivity index (χ0v) is 7.05. The first kappa shape index (κ1) is 8.51. The average molecular weight is 155 g/mol. The van der Waals surface area contributed by atoms with Crippen molar-refractivity contribution in [3.63, 3.8) is 0 Å². The third-order valence-electron chi connectivity index (χ3n) is 1.79. The molecule has 3 heteroatoms. The molecule has 1 rings (SSSR count). The fourth-order valence-corrected chi connectivity index (χ4v) is 1.13. The van der Waals surface area contributed by atoms with Crippen LogP contribution in [-0.4, -0.2) is 44.3 Å². The first-order valence-corrected chi connectivity index (χ1v) is 4.07. The van der Waals surface area contributed by atoms with Crippen molar-refractivity contribution in [2.24, 2.45) is 0 Å². The summed E-state index contributed by atoms with van der Waals surface area (Å²) in [5.74, 6) is 0. The summed E-state index contributed by atoms with van der Waals surface area (Å²) < 4.78 is 5.22. The lowest BCUT2D eigenvalue weighted by atomic mass is 10.4. The Bertz CT molecular complexity index is 153. The van der Waals surface area contributed by atoms with E-state index in [4.69, 9.17) is 4.74 Å². The highest BCUT2D eigenvalue weighted by atomic mass is 16.5. The largest absolute Gasteiger partial charge is 0.379 e. The van der Waals surface area contributed by atoms with Gasteiger partial charge in [-0.25, -0.2) is 0 Å². The molecule has 0 unspecified atom stereocenters. The molecule has 11 heavy (non-hydrogen) atoms. The molecular formula is C8H15N2O+. The predicted molar refractivity (Wildman–Crippen MR) is 45.0 cm³/mol. The number of morpholine rings is 1. The van der Waals surface area contributed by atoms with Crippen LogP contribution in [0.25, 0.3) is 4.85 Å². The van der Waals surface area contributed by atoms with Gasteiger partial charge in [0.05, 0.1) is 26.7 Å². The molecule has 1 fully saturated rings. The van der Waals surface area contributed by atoms with Gasteiger partial charge in [0.2, 0.25) is 0 Å². The molecule has 0 atom stereocenters.